The van der Waals surface area contributed by atoms with Gasteiger partial charge in [0.25, 0.3) is 0 Å². The molecule has 0 aromatic rings. The van der Waals surface area contributed by atoms with Crippen LogP contribution in [-0.2, 0) is 14.3 Å². The van der Waals surface area contributed by atoms with E-state index in [4.69, 9.17) is 14.6 Å². The molecule has 0 fully saturated rings. The Hall–Kier alpha value is -1.14. The first kappa shape index (κ1) is 12.9. The van der Waals surface area contributed by atoms with Gasteiger partial charge in [-0.05, 0) is 6.92 Å². The van der Waals surface area contributed by atoms with Crippen molar-refractivity contribution >= 4 is 11.7 Å². The molecule has 0 aliphatic carbocycles. The third kappa shape index (κ3) is 7.51. The zero-order valence-electron chi connectivity index (χ0n) is 8.45. The minimum absolute atomic E-state index is 0.0295. The second-order valence-corrected chi connectivity index (χ2v) is 2.52. The molecule has 6 heteroatoms. The molecule has 0 spiro atoms. The van der Waals surface area contributed by atoms with Crippen LogP contribution in [0.5, 0.6) is 0 Å². The van der Waals surface area contributed by atoms with Crippen LogP contribution in [0, 0.1) is 0 Å². The van der Waals surface area contributed by atoms with Crippen LogP contribution >= 0.6 is 0 Å². The maximum absolute atomic E-state index is 10.3. The van der Waals surface area contributed by atoms with E-state index in [1.165, 1.54) is 6.92 Å². The van der Waals surface area contributed by atoms with Crippen molar-refractivity contribution in [1.29, 1.82) is 0 Å². The van der Waals surface area contributed by atoms with Crippen LogP contribution in [0.3, 0.4) is 0 Å². The number of ether oxygens (including phenoxy) is 2. The molecular weight excluding hydrogens is 188 g/mol. The summed E-state index contributed by atoms with van der Waals surface area (Å²) in [7, 11) is 1.60. The van der Waals surface area contributed by atoms with Crippen LogP contribution in [0.25, 0.3) is 0 Å². The fraction of sp³-hybridized carbons (Fsp3) is 0.750. The molecule has 2 N–H and O–H groups in total. The van der Waals surface area contributed by atoms with Crippen molar-refractivity contribution in [3.63, 3.8) is 0 Å². The zero-order chi connectivity index (χ0) is 10.8. The summed E-state index contributed by atoms with van der Waals surface area (Å²) in [5, 5.41) is 12.0. The fourth-order valence-corrected chi connectivity index (χ4v) is 0.584. The van der Waals surface area contributed by atoms with Gasteiger partial charge in [0.1, 0.15) is 5.71 Å². The van der Waals surface area contributed by atoms with Crippen LogP contribution in [0.1, 0.15) is 6.92 Å². The third-order valence-electron chi connectivity index (χ3n) is 1.35. The van der Waals surface area contributed by atoms with E-state index in [0.717, 1.165) is 0 Å². The second-order valence-electron chi connectivity index (χ2n) is 2.52. The van der Waals surface area contributed by atoms with Gasteiger partial charge in [0.2, 0.25) is 0 Å². The van der Waals surface area contributed by atoms with E-state index in [1.54, 1.807) is 7.11 Å². The van der Waals surface area contributed by atoms with Crippen LogP contribution in [0.2, 0.25) is 0 Å². The zero-order valence-corrected chi connectivity index (χ0v) is 8.45. The van der Waals surface area contributed by atoms with E-state index in [-0.39, 0.29) is 5.71 Å². The number of carbonyl (C=O) groups is 1. The lowest BCUT2D eigenvalue weighted by Crippen LogP contribution is -2.19. The molecule has 0 saturated heterocycles. The fourth-order valence-electron chi connectivity index (χ4n) is 0.584. The van der Waals surface area contributed by atoms with Crippen molar-refractivity contribution in [3.05, 3.63) is 0 Å². The average Bonchev–Trinajstić information content (AvgIpc) is 2.16. The summed E-state index contributed by atoms with van der Waals surface area (Å²) in [5.41, 5.74) is 2.61. The average molecular weight is 204 g/mol. The number of aliphatic carboxylic acids is 1. The van der Waals surface area contributed by atoms with Gasteiger partial charge in [-0.2, -0.15) is 5.10 Å². The van der Waals surface area contributed by atoms with Gasteiger partial charge in [0.05, 0.1) is 26.4 Å². The smallest absolute Gasteiger partial charge is 0.351 e. The molecule has 0 unspecified atom stereocenters. The number of carboxylic acids is 1. The molecule has 14 heavy (non-hydrogen) atoms. The molecule has 82 valence electrons. The normalized spacial score (nSPS) is 11.4. The number of hydrogen-bond donors (Lipinski definition) is 2. The molecule has 0 atom stereocenters. The molecule has 0 saturated carbocycles. The van der Waals surface area contributed by atoms with Crippen molar-refractivity contribution in [1.82, 2.24) is 5.43 Å². The Kier molecular flexibility index (Phi) is 7.77. The lowest BCUT2D eigenvalue weighted by Gasteiger charge is -2.03. The summed E-state index contributed by atoms with van der Waals surface area (Å²) in [6, 6.07) is 0. The molecule has 0 aromatic carbocycles. The molecule has 6 nitrogen and oxygen atoms in total. The summed E-state index contributed by atoms with van der Waals surface area (Å²) in [6.45, 7) is 3.45. The van der Waals surface area contributed by atoms with Gasteiger partial charge >= 0.3 is 5.97 Å². The van der Waals surface area contributed by atoms with E-state index < -0.39 is 5.97 Å². The predicted molar refractivity (Wildman–Crippen MR) is 51.4 cm³/mol. The van der Waals surface area contributed by atoms with Crippen molar-refractivity contribution in [2.75, 3.05) is 33.5 Å². The highest BCUT2D eigenvalue weighted by molar-refractivity contribution is 6.34. The van der Waals surface area contributed by atoms with Gasteiger partial charge < -0.3 is 20.0 Å². The Morgan fingerprint density at radius 2 is 2.14 bits per heavy atom. The quantitative estimate of drug-likeness (QED) is 0.322. The van der Waals surface area contributed by atoms with Gasteiger partial charge in [-0.3, -0.25) is 0 Å². The highest BCUT2D eigenvalue weighted by Gasteiger charge is 1.99. The van der Waals surface area contributed by atoms with Crippen LogP contribution < -0.4 is 5.43 Å². The van der Waals surface area contributed by atoms with Crippen LogP contribution in [-0.4, -0.2) is 50.3 Å². The molecule has 0 aromatic heterocycles. The highest BCUT2D eigenvalue weighted by Crippen LogP contribution is 1.77. The molecule has 0 aliphatic heterocycles. The summed E-state index contributed by atoms with van der Waals surface area (Å²) < 4.78 is 9.88. The number of hydrogen-bond acceptors (Lipinski definition) is 5. The standard InChI is InChI=1S/C8H16N2O4/c1-7(8(11)12)10-9-3-4-14-6-5-13-2/h9H,3-6H2,1-2H3,(H,11,12)/b10-7-. The predicted octanol–water partition coefficient (Wildman–Crippen LogP) is -0.300. The number of nitrogens with one attached hydrogen (secondary N) is 1. The van der Waals surface area contributed by atoms with E-state index >= 15 is 0 Å². The van der Waals surface area contributed by atoms with Crippen LogP contribution in [0.4, 0.5) is 0 Å². The first-order valence-corrected chi connectivity index (χ1v) is 4.25. The first-order valence-electron chi connectivity index (χ1n) is 4.25. The van der Waals surface area contributed by atoms with E-state index in [2.05, 4.69) is 10.5 Å². The van der Waals surface area contributed by atoms with Crippen molar-refractivity contribution in [2.24, 2.45) is 5.10 Å². The molecule has 0 rings (SSSR count). The lowest BCUT2D eigenvalue weighted by molar-refractivity contribution is -0.129. The van der Waals surface area contributed by atoms with Gasteiger partial charge in [-0.25, -0.2) is 4.79 Å². The van der Waals surface area contributed by atoms with Gasteiger partial charge in [-0.15, -0.1) is 0 Å². The van der Waals surface area contributed by atoms with Crippen LogP contribution in [0.15, 0.2) is 5.10 Å². The number of carboxylic acid groups (broad SMARTS) is 1. The van der Waals surface area contributed by atoms with Crippen molar-refractivity contribution < 1.29 is 19.4 Å². The Morgan fingerprint density at radius 1 is 1.43 bits per heavy atom. The van der Waals surface area contributed by atoms with Gasteiger partial charge in [-0.1, -0.05) is 0 Å². The Labute approximate surface area is 82.9 Å². The Morgan fingerprint density at radius 3 is 2.71 bits per heavy atom. The summed E-state index contributed by atoms with van der Waals surface area (Å²) in [5.74, 6) is -1.03. The molecule has 0 aliphatic rings. The van der Waals surface area contributed by atoms with E-state index in [0.29, 0.717) is 26.4 Å². The van der Waals surface area contributed by atoms with E-state index in [1.807, 2.05) is 0 Å². The molecule has 0 radical (unpaired) electrons. The third-order valence-corrected chi connectivity index (χ3v) is 1.35. The number of hydrazone groups is 1. The number of nitrogens with zero attached hydrogens (tertiary/aromatic N) is 1. The van der Waals surface area contributed by atoms with Gasteiger partial charge in [0, 0.05) is 7.11 Å². The topological polar surface area (TPSA) is 80.2 Å². The Bertz CT molecular complexity index is 194. The summed E-state index contributed by atoms with van der Waals surface area (Å²) in [4.78, 5) is 10.3. The largest absolute Gasteiger partial charge is 0.477 e. The van der Waals surface area contributed by atoms with Crippen molar-refractivity contribution in [3.8, 4) is 0 Å². The SMILES string of the molecule is COCCOCCN/N=C(/C)C(=O)O. The van der Waals surface area contributed by atoms with Gasteiger partial charge in [0.15, 0.2) is 0 Å². The molecular formula is C8H16N2O4. The highest BCUT2D eigenvalue weighted by atomic mass is 16.5. The first-order chi connectivity index (χ1) is 6.68. The lowest BCUT2D eigenvalue weighted by atomic mass is 10.4. The maximum atomic E-state index is 10.3. The van der Waals surface area contributed by atoms with E-state index in [9.17, 15) is 4.79 Å². The number of methoxy groups -OCH3 is 1. The minimum Gasteiger partial charge on any atom is -0.477 e. The molecule has 0 bridgehead atoms. The maximum Gasteiger partial charge on any atom is 0.351 e. The summed E-state index contributed by atoms with van der Waals surface area (Å²) >= 11 is 0. The minimum atomic E-state index is -1.03. The molecule has 0 heterocycles. The molecule has 0 amide bonds. The number of rotatable bonds is 8. The second kappa shape index (κ2) is 8.46. The van der Waals surface area contributed by atoms with Crippen molar-refractivity contribution in [2.45, 2.75) is 6.92 Å². The monoisotopic (exact) mass is 204 g/mol. The Balaban J connectivity index is 3.29. The summed E-state index contributed by atoms with van der Waals surface area (Å²) in [6.07, 6.45) is 0.